The zero-order valence-corrected chi connectivity index (χ0v) is 14.0. The van der Waals surface area contributed by atoms with Gasteiger partial charge in [-0.05, 0) is 43.2 Å². The number of sulfonamides is 1. The molecule has 20 heavy (non-hydrogen) atoms. The highest BCUT2D eigenvalue weighted by Gasteiger charge is 2.34. The molecule has 6 heteroatoms. The van der Waals surface area contributed by atoms with Gasteiger partial charge in [0, 0.05) is 17.5 Å². The third kappa shape index (κ3) is 3.08. The molecule has 0 spiro atoms. The maximum Gasteiger partial charge on any atom is 0.250 e. The molecule has 1 heterocycles. The number of rotatable bonds is 5. The Labute approximate surface area is 125 Å². The molecule has 1 aliphatic rings. The standard InChI is InChI=1S/C14H24N2O2S2/c1-4-11-5-6-12(10(11)3)16-20(17,18)14-7-9(2)13(8-15)19-14/h7,10-12,16H,4-6,8,15H2,1-3H3. The summed E-state index contributed by atoms with van der Waals surface area (Å²) in [4.78, 5) is 0.941. The second-order valence-corrected chi connectivity index (χ2v) is 8.79. The van der Waals surface area contributed by atoms with Crippen LogP contribution in [0.15, 0.2) is 10.3 Å². The van der Waals surface area contributed by atoms with Crippen LogP contribution in [-0.4, -0.2) is 14.5 Å². The Hall–Kier alpha value is -0.430. The Morgan fingerprint density at radius 2 is 2.15 bits per heavy atom. The molecule has 1 aliphatic carbocycles. The van der Waals surface area contributed by atoms with Crippen LogP contribution in [-0.2, 0) is 16.6 Å². The van der Waals surface area contributed by atoms with Crippen molar-refractivity contribution in [3.05, 3.63) is 16.5 Å². The molecule has 1 aromatic rings. The SMILES string of the molecule is CCC1CCC(NS(=O)(=O)c2cc(C)c(CN)s2)C1C. The molecule has 1 saturated carbocycles. The lowest BCUT2D eigenvalue weighted by atomic mass is 9.94. The van der Waals surface area contributed by atoms with Gasteiger partial charge >= 0.3 is 0 Å². The molecule has 3 atom stereocenters. The summed E-state index contributed by atoms with van der Waals surface area (Å²) in [5.41, 5.74) is 6.59. The fourth-order valence-corrected chi connectivity index (χ4v) is 5.92. The highest BCUT2D eigenvalue weighted by molar-refractivity contribution is 7.91. The number of thiophene rings is 1. The number of hydrogen-bond donors (Lipinski definition) is 2. The summed E-state index contributed by atoms with van der Waals surface area (Å²) in [5, 5.41) is 0. The first kappa shape index (κ1) is 15.9. The zero-order valence-electron chi connectivity index (χ0n) is 12.3. The fraction of sp³-hybridized carbons (Fsp3) is 0.714. The van der Waals surface area contributed by atoms with E-state index >= 15 is 0 Å². The van der Waals surface area contributed by atoms with Gasteiger partial charge in [0.25, 0.3) is 0 Å². The number of nitrogens with two attached hydrogens (primary N) is 1. The molecular weight excluding hydrogens is 292 g/mol. The third-order valence-electron chi connectivity index (χ3n) is 4.51. The summed E-state index contributed by atoms with van der Waals surface area (Å²) in [5.74, 6) is 1.04. The van der Waals surface area contributed by atoms with E-state index in [0.29, 0.717) is 22.6 Å². The van der Waals surface area contributed by atoms with Crippen LogP contribution in [0.4, 0.5) is 0 Å². The second kappa shape index (κ2) is 6.13. The molecule has 0 radical (unpaired) electrons. The molecule has 2 rings (SSSR count). The number of hydrogen-bond acceptors (Lipinski definition) is 4. The van der Waals surface area contributed by atoms with E-state index in [2.05, 4.69) is 18.6 Å². The predicted octanol–water partition coefficient (Wildman–Crippen LogP) is 2.62. The van der Waals surface area contributed by atoms with Crippen molar-refractivity contribution in [1.29, 1.82) is 0 Å². The topological polar surface area (TPSA) is 72.2 Å². The van der Waals surface area contributed by atoms with Gasteiger partial charge in [0.1, 0.15) is 4.21 Å². The third-order valence-corrected chi connectivity index (χ3v) is 7.73. The van der Waals surface area contributed by atoms with Crippen LogP contribution in [0.3, 0.4) is 0 Å². The first-order chi connectivity index (χ1) is 9.39. The van der Waals surface area contributed by atoms with E-state index in [4.69, 9.17) is 5.73 Å². The van der Waals surface area contributed by atoms with Crippen LogP contribution in [0.25, 0.3) is 0 Å². The van der Waals surface area contributed by atoms with E-state index in [9.17, 15) is 8.42 Å². The number of aryl methyl sites for hydroxylation is 1. The van der Waals surface area contributed by atoms with Gasteiger partial charge in [0.05, 0.1) is 0 Å². The fourth-order valence-electron chi connectivity index (χ4n) is 3.07. The monoisotopic (exact) mass is 316 g/mol. The quantitative estimate of drug-likeness (QED) is 0.877. The maximum atomic E-state index is 12.5. The summed E-state index contributed by atoms with van der Waals surface area (Å²) in [6, 6.07) is 1.79. The average molecular weight is 316 g/mol. The first-order valence-corrected chi connectivity index (χ1v) is 9.50. The van der Waals surface area contributed by atoms with Gasteiger partial charge in [-0.25, -0.2) is 13.1 Å². The van der Waals surface area contributed by atoms with Crippen LogP contribution < -0.4 is 10.5 Å². The Balaban J connectivity index is 2.15. The van der Waals surface area contributed by atoms with Gasteiger partial charge in [-0.15, -0.1) is 11.3 Å². The molecule has 3 N–H and O–H groups in total. The maximum absolute atomic E-state index is 12.5. The van der Waals surface area contributed by atoms with Crippen molar-refractivity contribution < 1.29 is 8.42 Å². The van der Waals surface area contributed by atoms with Crippen molar-refractivity contribution in [3.63, 3.8) is 0 Å². The molecule has 0 saturated heterocycles. The van der Waals surface area contributed by atoms with Gasteiger partial charge in [0.2, 0.25) is 10.0 Å². The summed E-state index contributed by atoms with van der Waals surface area (Å²) in [6.45, 7) is 6.63. The summed E-state index contributed by atoms with van der Waals surface area (Å²) >= 11 is 1.28. The molecule has 1 aromatic heterocycles. The lowest BCUT2D eigenvalue weighted by Gasteiger charge is -2.20. The van der Waals surface area contributed by atoms with Gasteiger partial charge in [-0.1, -0.05) is 20.3 Å². The van der Waals surface area contributed by atoms with Crippen molar-refractivity contribution >= 4 is 21.4 Å². The van der Waals surface area contributed by atoms with Crippen molar-refractivity contribution in [3.8, 4) is 0 Å². The van der Waals surface area contributed by atoms with Crippen LogP contribution in [0.1, 0.15) is 43.6 Å². The van der Waals surface area contributed by atoms with Gasteiger partial charge in [-0.3, -0.25) is 0 Å². The minimum Gasteiger partial charge on any atom is -0.326 e. The predicted molar refractivity (Wildman–Crippen MR) is 83.2 cm³/mol. The van der Waals surface area contributed by atoms with Crippen LogP contribution in [0.5, 0.6) is 0 Å². The molecule has 0 amide bonds. The smallest absolute Gasteiger partial charge is 0.250 e. The molecule has 1 fully saturated rings. The molecular formula is C14H24N2O2S2. The van der Waals surface area contributed by atoms with Crippen molar-refractivity contribution in [2.75, 3.05) is 0 Å². The Kier molecular flexibility index (Phi) is 4.89. The molecule has 114 valence electrons. The summed E-state index contributed by atoms with van der Waals surface area (Å²) < 4.78 is 28.2. The molecule has 0 bridgehead atoms. The van der Waals surface area contributed by atoms with Crippen molar-refractivity contribution in [1.82, 2.24) is 4.72 Å². The largest absolute Gasteiger partial charge is 0.326 e. The van der Waals surface area contributed by atoms with Gasteiger partial charge in [0.15, 0.2) is 0 Å². The Bertz CT molecular complexity index is 566. The molecule has 0 aromatic carbocycles. The van der Waals surface area contributed by atoms with Crippen LogP contribution in [0, 0.1) is 18.8 Å². The highest BCUT2D eigenvalue weighted by Crippen LogP contribution is 2.35. The Morgan fingerprint density at radius 3 is 2.65 bits per heavy atom. The van der Waals surface area contributed by atoms with Crippen molar-refractivity contribution in [2.45, 2.75) is 56.8 Å². The van der Waals surface area contributed by atoms with E-state index in [1.54, 1.807) is 6.07 Å². The van der Waals surface area contributed by atoms with Crippen LogP contribution in [0.2, 0.25) is 0 Å². The average Bonchev–Trinajstić information content (AvgIpc) is 2.94. The van der Waals surface area contributed by atoms with Gasteiger partial charge < -0.3 is 5.73 Å². The lowest BCUT2D eigenvalue weighted by Crippen LogP contribution is -2.37. The van der Waals surface area contributed by atoms with E-state index in [0.717, 1.165) is 29.7 Å². The lowest BCUT2D eigenvalue weighted by molar-refractivity contribution is 0.369. The normalized spacial score (nSPS) is 27.1. The summed E-state index contributed by atoms with van der Waals surface area (Å²) in [6.07, 6.45) is 3.17. The van der Waals surface area contributed by atoms with E-state index in [1.807, 2.05) is 6.92 Å². The highest BCUT2D eigenvalue weighted by atomic mass is 32.2. The van der Waals surface area contributed by atoms with E-state index in [-0.39, 0.29) is 6.04 Å². The first-order valence-electron chi connectivity index (χ1n) is 7.20. The minimum atomic E-state index is -3.41. The molecule has 0 aliphatic heterocycles. The van der Waals surface area contributed by atoms with Crippen molar-refractivity contribution in [2.24, 2.45) is 17.6 Å². The minimum absolute atomic E-state index is 0.0636. The zero-order chi connectivity index (χ0) is 14.9. The number of nitrogens with one attached hydrogen (secondary N) is 1. The second-order valence-electron chi connectivity index (χ2n) is 5.71. The Morgan fingerprint density at radius 1 is 1.45 bits per heavy atom. The summed E-state index contributed by atoms with van der Waals surface area (Å²) in [7, 11) is -3.41. The van der Waals surface area contributed by atoms with Gasteiger partial charge in [-0.2, -0.15) is 0 Å². The van der Waals surface area contributed by atoms with E-state index < -0.39 is 10.0 Å². The van der Waals surface area contributed by atoms with E-state index in [1.165, 1.54) is 11.3 Å². The molecule has 4 nitrogen and oxygen atoms in total. The van der Waals surface area contributed by atoms with Crippen LogP contribution >= 0.6 is 11.3 Å². The molecule has 3 unspecified atom stereocenters.